The molecular weight excluding hydrogens is 238 g/mol. The van der Waals surface area contributed by atoms with Crippen LogP contribution in [-0.2, 0) is 14.3 Å². The lowest BCUT2D eigenvalue weighted by molar-refractivity contribution is -0.114. The van der Waals surface area contributed by atoms with Crippen molar-refractivity contribution in [2.75, 3.05) is 19.5 Å². The van der Waals surface area contributed by atoms with Crippen LogP contribution < -0.4 is 5.32 Å². The van der Waals surface area contributed by atoms with Gasteiger partial charge in [0.05, 0.1) is 31.0 Å². The van der Waals surface area contributed by atoms with Gasteiger partial charge >= 0.3 is 11.9 Å². The van der Waals surface area contributed by atoms with Crippen LogP contribution in [-0.4, -0.2) is 32.1 Å². The zero-order chi connectivity index (χ0) is 13.7. The highest BCUT2D eigenvalue weighted by Crippen LogP contribution is 2.19. The van der Waals surface area contributed by atoms with E-state index in [-0.39, 0.29) is 22.7 Å². The Morgan fingerprint density at radius 1 is 1.06 bits per heavy atom. The highest BCUT2D eigenvalue weighted by molar-refractivity contribution is 6.03. The fraction of sp³-hybridized carbons (Fsp3) is 0.250. The highest BCUT2D eigenvalue weighted by Gasteiger charge is 2.16. The van der Waals surface area contributed by atoms with Crippen LogP contribution in [0.3, 0.4) is 0 Å². The number of nitrogens with one attached hydrogen (secondary N) is 1. The molecule has 0 fully saturated rings. The molecule has 18 heavy (non-hydrogen) atoms. The highest BCUT2D eigenvalue weighted by atomic mass is 16.5. The van der Waals surface area contributed by atoms with Gasteiger partial charge in [0.2, 0.25) is 5.91 Å². The second-order valence-corrected chi connectivity index (χ2v) is 3.42. The molecule has 1 amide bonds. The molecule has 1 aromatic rings. The number of benzene rings is 1. The van der Waals surface area contributed by atoms with E-state index in [1.165, 1.54) is 39.3 Å². The Kier molecular flexibility index (Phi) is 4.42. The Hall–Kier alpha value is -2.37. The zero-order valence-corrected chi connectivity index (χ0v) is 10.3. The van der Waals surface area contributed by atoms with Gasteiger partial charge in [0.1, 0.15) is 0 Å². The SMILES string of the molecule is COC(=O)c1ccc(C(=O)OC)c(NC(C)=O)c1. The van der Waals surface area contributed by atoms with Crippen molar-refractivity contribution in [3.05, 3.63) is 29.3 Å². The summed E-state index contributed by atoms with van der Waals surface area (Å²) in [5, 5.41) is 2.46. The summed E-state index contributed by atoms with van der Waals surface area (Å²) in [5.41, 5.74) is 0.603. The molecule has 0 aliphatic carbocycles. The minimum atomic E-state index is -0.602. The molecule has 1 N–H and O–H groups in total. The number of amides is 1. The maximum Gasteiger partial charge on any atom is 0.339 e. The fourth-order valence-electron chi connectivity index (χ4n) is 1.37. The third kappa shape index (κ3) is 3.07. The Morgan fingerprint density at radius 2 is 1.67 bits per heavy atom. The number of carbonyl (C=O) groups is 3. The van der Waals surface area contributed by atoms with E-state index >= 15 is 0 Å². The van der Waals surface area contributed by atoms with Gasteiger partial charge in [0, 0.05) is 6.92 Å². The monoisotopic (exact) mass is 251 g/mol. The van der Waals surface area contributed by atoms with Gasteiger partial charge in [-0.05, 0) is 18.2 Å². The molecule has 1 rings (SSSR count). The molecule has 0 saturated carbocycles. The Bertz CT molecular complexity index is 495. The molecule has 6 nitrogen and oxygen atoms in total. The number of anilines is 1. The molecule has 0 unspecified atom stereocenters. The Labute approximate surface area is 104 Å². The molecule has 0 atom stereocenters. The minimum Gasteiger partial charge on any atom is -0.465 e. The standard InChI is InChI=1S/C12H13NO5/c1-7(14)13-10-6-8(11(15)17-2)4-5-9(10)12(16)18-3/h4-6H,1-3H3,(H,13,14). The quantitative estimate of drug-likeness (QED) is 0.817. The lowest BCUT2D eigenvalue weighted by atomic mass is 10.1. The van der Waals surface area contributed by atoms with Crippen molar-refractivity contribution in [2.24, 2.45) is 0 Å². The number of methoxy groups -OCH3 is 2. The maximum atomic E-state index is 11.5. The summed E-state index contributed by atoms with van der Waals surface area (Å²) in [6.45, 7) is 1.30. The summed E-state index contributed by atoms with van der Waals surface area (Å²) < 4.78 is 9.13. The van der Waals surface area contributed by atoms with Gasteiger partial charge in [-0.2, -0.15) is 0 Å². The summed E-state index contributed by atoms with van der Waals surface area (Å²) in [5.74, 6) is -1.52. The molecule has 0 saturated heterocycles. The number of ether oxygens (including phenoxy) is 2. The zero-order valence-electron chi connectivity index (χ0n) is 10.3. The third-order valence-corrected chi connectivity index (χ3v) is 2.16. The summed E-state index contributed by atoms with van der Waals surface area (Å²) >= 11 is 0. The van der Waals surface area contributed by atoms with Gasteiger partial charge in [0.25, 0.3) is 0 Å². The molecule has 0 radical (unpaired) electrons. The van der Waals surface area contributed by atoms with E-state index in [1.807, 2.05) is 0 Å². The second-order valence-electron chi connectivity index (χ2n) is 3.42. The van der Waals surface area contributed by atoms with Crippen molar-refractivity contribution in [1.82, 2.24) is 0 Å². The normalized spacial score (nSPS) is 9.50. The van der Waals surface area contributed by atoms with Crippen LogP contribution in [0.25, 0.3) is 0 Å². The van der Waals surface area contributed by atoms with Crippen molar-refractivity contribution in [3.63, 3.8) is 0 Å². The van der Waals surface area contributed by atoms with Crippen molar-refractivity contribution in [3.8, 4) is 0 Å². The number of hydrogen-bond donors (Lipinski definition) is 1. The molecule has 0 aromatic heterocycles. The smallest absolute Gasteiger partial charge is 0.339 e. The molecule has 1 aromatic carbocycles. The van der Waals surface area contributed by atoms with Gasteiger partial charge in [-0.1, -0.05) is 0 Å². The first-order valence-electron chi connectivity index (χ1n) is 5.08. The predicted molar refractivity (Wildman–Crippen MR) is 63.4 cm³/mol. The van der Waals surface area contributed by atoms with Crippen LogP contribution in [0.5, 0.6) is 0 Å². The van der Waals surface area contributed by atoms with Crippen molar-refractivity contribution < 1.29 is 23.9 Å². The average molecular weight is 251 g/mol. The topological polar surface area (TPSA) is 81.7 Å². The summed E-state index contributed by atoms with van der Waals surface area (Å²) in [6, 6.07) is 4.17. The van der Waals surface area contributed by atoms with E-state index in [2.05, 4.69) is 14.8 Å². The first kappa shape index (κ1) is 13.7. The van der Waals surface area contributed by atoms with Crippen molar-refractivity contribution >= 4 is 23.5 Å². The van der Waals surface area contributed by atoms with E-state index in [9.17, 15) is 14.4 Å². The molecular formula is C12H13NO5. The van der Waals surface area contributed by atoms with Gasteiger partial charge in [-0.3, -0.25) is 4.79 Å². The molecule has 0 aliphatic rings. The number of hydrogen-bond acceptors (Lipinski definition) is 5. The van der Waals surface area contributed by atoms with Crippen LogP contribution in [0.4, 0.5) is 5.69 Å². The molecule has 6 heteroatoms. The largest absolute Gasteiger partial charge is 0.465 e. The molecule has 0 spiro atoms. The summed E-state index contributed by atoms with van der Waals surface area (Å²) in [6.07, 6.45) is 0. The first-order valence-corrected chi connectivity index (χ1v) is 5.08. The van der Waals surface area contributed by atoms with Gasteiger partial charge in [-0.15, -0.1) is 0 Å². The average Bonchev–Trinajstić information content (AvgIpc) is 2.36. The fourth-order valence-corrected chi connectivity index (χ4v) is 1.37. The Balaban J connectivity index is 3.24. The summed E-state index contributed by atoms with van der Waals surface area (Å²) in [7, 11) is 2.47. The van der Waals surface area contributed by atoms with E-state index in [1.54, 1.807) is 0 Å². The van der Waals surface area contributed by atoms with Gasteiger partial charge in [-0.25, -0.2) is 9.59 Å². The first-order chi connectivity index (χ1) is 8.49. The number of carbonyl (C=O) groups excluding carboxylic acids is 3. The predicted octanol–water partition coefficient (Wildman–Crippen LogP) is 1.22. The maximum absolute atomic E-state index is 11.5. The number of esters is 2. The van der Waals surface area contributed by atoms with Crippen LogP contribution in [0.1, 0.15) is 27.6 Å². The summed E-state index contributed by atoms with van der Waals surface area (Å²) in [4.78, 5) is 33.9. The van der Waals surface area contributed by atoms with Crippen molar-refractivity contribution in [2.45, 2.75) is 6.92 Å². The van der Waals surface area contributed by atoms with Crippen LogP contribution in [0.2, 0.25) is 0 Å². The van der Waals surface area contributed by atoms with Crippen LogP contribution in [0, 0.1) is 0 Å². The lowest BCUT2D eigenvalue weighted by Gasteiger charge is -2.09. The van der Waals surface area contributed by atoms with Crippen LogP contribution in [0.15, 0.2) is 18.2 Å². The van der Waals surface area contributed by atoms with Crippen LogP contribution >= 0.6 is 0 Å². The van der Waals surface area contributed by atoms with E-state index in [0.29, 0.717) is 0 Å². The lowest BCUT2D eigenvalue weighted by Crippen LogP contribution is -2.13. The van der Waals surface area contributed by atoms with Gasteiger partial charge in [0.15, 0.2) is 0 Å². The Morgan fingerprint density at radius 3 is 2.17 bits per heavy atom. The van der Waals surface area contributed by atoms with E-state index < -0.39 is 11.9 Å². The number of rotatable bonds is 3. The second kappa shape index (κ2) is 5.81. The van der Waals surface area contributed by atoms with E-state index in [0.717, 1.165) is 0 Å². The van der Waals surface area contributed by atoms with E-state index in [4.69, 9.17) is 0 Å². The van der Waals surface area contributed by atoms with Crippen molar-refractivity contribution in [1.29, 1.82) is 0 Å². The molecule has 96 valence electrons. The molecule has 0 heterocycles. The third-order valence-electron chi connectivity index (χ3n) is 2.16. The minimum absolute atomic E-state index is 0.167. The molecule has 0 aliphatic heterocycles. The van der Waals surface area contributed by atoms with Gasteiger partial charge < -0.3 is 14.8 Å². The molecule has 0 bridgehead atoms.